The van der Waals surface area contributed by atoms with Gasteiger partial charge in [-0.05, 0) is 32.9 Å². The van der Waals surface area contributed by atoms with E-state index in [0.29, 0.717) is 5.69 Å². The predicted molar refractivity (Wildman–Crippen MR) is 64.3 cm³/mol. The van der Waals surface area contributed by atoms with E-state index in [9.17, 15) is 9.59 Å². The van der Waals surface area contributed by atoms with Gasteiger partial charge in [-0.15, -0.1) is 0 Å². The third-order valence-electron chi connectivity index (χ3n) is 1.88. The van der Waals surface area contributed by atoms with Crippen molar-refractivity contribution in [3.05, 3.63) is 29.6 Å². The van der Waals surface area contributed by atoms with Gasteiger partial charge < -0.3 is 15.2 Å². The van der Waals surface area contributed by atoms with Crippen molar-refractivity contribution in [2.24, 2.45) is 0 Å². The zero-order chi connectivity index (χ0) is 13.8. The maximum atomic E-state index is 11.4. The van der Waals surface area contributed by atoms with Crippen LogP contribution in [0.2, 0.25) is 0 Å². The molecule has 0 aliphatic heterocycles. The Balaban J connectivity index is 2.49. The van der Waals surface area contributed by atoms with E-state index in [1.54, 1.807) is 26.8 Å². The number of aromatic carboxylic acids is 1. The highest BCUT2D eigenvalue weighted by Gasteiger charge is 2.15. The number of amides is 1. The number of pyridine rings is 1. The van der Waals surface area contributed by atoms with Gasteiger partial charge in [0.25, 0.3) is 0 Å². The highest BCUT2D eigenvalue weighted by Crippen LogP contribution is 2.07. The first-order chi connectivity index (χ1) is 8.28. The van der Waals surface area contributed by atoms with Crippen LogP contribution < -0.4 is 5.32 Å². The molecular weight excluding hydrogens is 236 g/mol. The molecule has 1 rings (SSSR count). The number of carboxylic acid groups (broad SMARTS) is 1. The van der Waals surface area contributed by atoms with Crippen LogP contribution in [0.15, 0.2) is 18.3 Å². The van der Waals surface area contributed by atoms with Crippen molar-refractivity contribution in [2.75, 3.05) is 0 Å². The highest BCUT2D eigenvalue weighted by molar-refractivity contribution is 5.87. The number of carbonyl (C=O) groups excluding carboxylic acids is 1. The predicted octanol–water partition coefficient (Wildman–Crippen LogP) is 1.80. The molecule has 0 radical (unpaired) electrons. The smallest absolute Gasteiger partial charge is 0.407 e. The summed E-state index contributed by atoms with van der Waals surface area (Å²) in [7, 11) is 0. The molecule has 1 heterocycles. The summed E-state index contributed by atoms with van der Waals surface area (Å²) < 4.78 is 5.05. The largest absolute Gasteiger partial charge is 0.478 e. The van der Waals surface area contributed by atoms with Crippen LogP contribution in [0.1, 0.15) is 36.8 Å². The molecule has 1 amide bonds. The molecule has 2 N–H and O–H groups in total. The minimum absolute atomic E-state index is 0.107. The van der Waals surface area contributed by atoms with Crippen molar-refractivity contribution < 1.29 is 19.4 Å². The van der Waals surface area contributed by atoms with Crippen molar-refractivity contribution in [1.82, 2.24) is 10.3 Å². The fourth-order valence-corrected chi connectivity index (χ4v) is 1.13. The topological polar surface area (TPSA) is 88.5 Å². The van der Waals surface area contributed by atoms with Crippen LogP contribution in [0.3, 0.4) is 0 Å². The lowest BCUT2D eigenvalue weighted by Crippen LogP contribution is -2.32. The van der Waals surface area contributed by atoms with E-state index in [0.717, 1.165) is 0 Å². The van der Waals surface area contributed by atoms with E-state index < -0.39 is 17.7 Å². The zero-order valence-electron chi connectivity index (χ0n) is 10.6. The van der Waals surface area contributed by atoms with Crippen molar-refractivity contribution in [3.63, 3.8) is 0 Å². The van der Waals surface area contributed by atoms with Gasteiger partial charge in [-0.1, -0.05) is 0 Å². The molecule has 1 aromatic rings. The van der Waals surface area contributed by atoms with Gasteiger partial charge in [-0.3, -0.25) is 4.98 Å². The molecule has 18 heavy (non-hydrogen) atoms. The Morgan fingerprint density at radius 1 is 1.39 bits per heavy atom. The lowest BCUT2D eigenvalue weighted by Gasteiger charge is -2.19. The maximum absolute atomic E-state index is 11.4. The van der Waals surface area contributed by atoms with Gasteiger partial charge in [0.05, 0.1) is 17.8 Å². The Kier molecular flexibility index (Phi) is 4.25. The normalized spacial score (nSPS) is 10.8. The second-order valence-corrected chi connectivity index (χ2v) is 4.70. The Morgan fingerprint density at radius 3 is 2.50 bits per heavy atom. The van der Waals surface area contributed by atoms with Crippen molar-refractivity contribution in [1.29, 1.82) is 0 Å². The number of hydrogen-bond acceptors (Lipinski definition) is 4. The fraction of sp³-hybridized carbons (Fsp3) is 0.417. The van der Waals surface area contributed by atoms with Crippen LogP contribution >= 0.6 is 0 Å². The summed E-state index contributed by atoms with van der Waals surface area (Å²) in [5.74, 6) is -1.03. The van der Waals surface area contributed by atoms with E-state index in [1.165, 1.54) is 12.3 Å². The van der Waals surface area contributed by atoms with Gasteiger partial charge in [0.1, 0.15) is 5.60 Å². The number of nitrogens with zero attached hydrogens (tertiary/aromatic N) is 1. The lowest BCUT2D eigenvalue weighted by atomic mass is 10.2. The standard InChI is InChI=1S/C12H16N2O4/c1-12(2,3)18-11(17)14-7-9-5-4-8(6-13-9)10(15)16/h4-6H,7H2,1-3H3,(H,14,17)(H,15,16). The molecule has 0 aliphatic carbocycles. The van der Waals surface area contributed by atoms with E-state index >= 15 is 0 Å². The summed E-state index contributed by atoms with van der Waals surface area (Å²) in [6.07, 6.45) is 0.709. The minimum Gasteiger partial charge on any atom is -0.478 e. The second-order valence-electron chi connectivity index (χ2n) is 4.70. The van der Waals surface area contributed by atoms with Crippen molar-refractivity contribution >= 4 is 12.1 Å². The lowest BCUT2D eigenvalue weighted by molar-refractivity contribution is 0.0522. The molecule has 6 nitrogen and oxygen atoms in total. The van der Waals surface area contributed by atoms with Crippen LogP contribution in [0.25, 0.3) is 0 Å². The van der Waals surface area contributed by atoms with Crippen LogP contribution in [0.4, 0.5) is 4.79 Å². The number of aromatic nitrogens is 1. The average Bonchev–Trinajstić information content (AvgIpc) is 2.24. The summed E-state index contributed by atoms with van der Waals surface area (Å²) in [5, 5.41) is 11.2. The van der Waals surface area contributed by atoms with Crippen LogP contribution in [-0.2, 0) is 11.3 Å². The van der Waals surface area contributed by atoms with E-state index in [4.69, 9.17) is 9.84 Å². The number of nitrogens with one attached hydrogen (secondary N) is 1. The van der Waals surface area contributed by atoms with Gasteiger partial charge in [-0.2, -0.15) is 0 Å². The third-order valence-corrected chi connectivity index (χ3v) is 1.88. The summed E-state index contributed by atoms with van der Waals surface area (Å²) in [6, 6.07) is 2.97. The molecule has 0 unspecified atom stereocenters. The van der Waals surface area contributed by atoms with Crippen molar-refractivity contribution in [2.45, 2.75) is 32.9 Å². The SMILES string of the molecule is CC(C)(C)OC(=O)NCc1ccc(C(=O)O)cn1. The number of hydrogen-bond donors (Lipinski definition) is 2. The fourth-order valence-electron chi connectivity index (χ4n) is 1.13. The molecule has 0 saturated heterocycles. The van der Waals surface area contributed by atoms with Gasteiger partial charge in [0.15, 0.2) is 0 Å². The number of carboxylic acids is 1. The first-order valence-corrected chi connectivity index (χ1v) is 5.43. The maximum Gasteiger partial charge on any atom is 0.407 e. The number of alkyl carbamates (subject to hydrolysis) is 1. The first-order valence-electron chi connectivity index (χ1n) is 5.43. The molecule has 0 bridgehead atoms. The average molecular weight is 252 g/mol. The molecular formula is C12H16N2O4. The summed E-state index contributed by atoms with van der Waals surface area (Å²) in [5.41, 5.74) is 0.117. The first kappa shape index (κ1) is 14.0. The summed E-state index contributed by atoms with van der Waals surface area (Å²) >= 11 is 0. The van der Waals surface area contributed by atoms with Crippen molar-refractivity contribution in [3.8, 4) is 0 Å². The minimum atomic E-state index is -1.03. The molecule has 0 spiro atoms. The molecule has 1 aromatic heterocycles. The molecule has 0 aromatic carbocycles. The summed E-state index contributed by atoms with van der Waals surface area (Å²) in [4.78, 5) is 25.9. The van der Waals surface area contributed by atoms with Crippen LogP contribution in [-0.4, -0.2) is 27.8 Å². The van der Waals surface area contributed by atoms with E-state index in [-0.39, 0.29) is 12.1 Å². The molecule has 0 fully saturated rings. The number of ether oxygens (including phenoxy) is 1. The number of carbonyl (C=O) groups is 2. The highest BCUT2D eigenvalue weighted by atomic mass is 16.6. The van der Waals surface area contributed by atoms with Crippen LogP contribution in [0, 0.1) is 0 Å². The number of rotatable bonds is 3. The molecule has 0 saturated carbocycles. The Bertz CT molecular complexity index is 434. The Hall–Kier alpha value is -2.11. The summed E-state index contributed by atoms with van der Waals surface area (Å²) in [6.45, 7) is 5.50. The zero-order valence-corrected chi connectivity index (χ0v) is 10.6. The van der Waals surface area contributed by atoms with E-state index in [2.05, 4.69) is 10.3 Å². The molecule has 0 atom stereocenters. The second kappa shape index (κ2) is 5.48. The third kappa shape index (κ3) is 4.82. The van der Waals surface area contributed by atoms with Gasteiger partial charge in [-0.25, -0.2) is 9.59 Å². The van der Waals surface area contributed by atoms with Gasteiger partial charge in [0.2, 0.25) is 0 Å². The quantitative estimate of drug-likeness (QED) is 0.856. The monoisotopic (exact) mass is 252 g/mol. The molecule has 98 valence electrons. The van der Waals surface area contributed by atoms with E-state index in [1.807, 2.05) is 0 Å². The van der Waals surface area contributed by atoms with Gasteiger partial charge in [0, 0.05) is 6.20 Å². The Labute approximate surface area is 105 Å². The van der Waals surface area contributed by atoms with Gasteiger partial charge >= 0.3 is 12.1 Å². The Morgan fingerprint density at radius 2 is 2.06 bits per heavy atom. The van der Waals surface area contributed by atoms with Crippen LogP contribution in [0.5, 0.6) is 0 Å². The molecule has 6 heteroatoms. The molecule has 0 aliphatic rings.